The summed E-state index contributed by atoms with van der Waals surface area (Å²) in [6, 6.07) is 75.6. The van der Waals surface area contributed by atoms with Crippen LogP contribution in [0.2, 0.25) is 0 Å². The Bertz CT molecular complexity index is 3220. The molecule has 57 heavy (non-hydrogen) atoms. The average molecular weight is 726 g/mol. The van der Waals surface area contributed by atoms with Crippen molar-refractivity contribution in [2.45, 2.75) is 0 Å². The van der Waals surface area contributed by atoms with E-state index >= 15 is 0 Å². The fraction of sp³-hybridized carbons (Fsp3) is 0. The topological polar surface area (TPSA) is 30.7 Å². The predicted molar refractivity (Wildman–Crippen MR) is 239 cm³/mol. The number of aromatic nitrogens is 3. The summed E-state index contributed by atoms with van der Waals surface area (Å²) in [6.45, 7) is 0. The Morgan fingerprint density at radius 1 is 0.298 bits per heavy atom. The van der Waals surface area contributed by atoms with Crippen LogP contribution in [0.4, 0.5) is 0 Å². The molecule has 8 aromatic carbocycles. The molecule has 0 amide bonds. The van der Waals surface area contributed by atoms with Gasteiger partial charge in [0.15, 0.2) is 0 Å². The first-order valence-electron chi connectivity index (χ1n) is 19.4. The van der Waals surface area contributed by atoms with Gasteiger partial charge >= 0.3 is 0 Å². The summed E-state index contributed by atoms with van der Waals surface area (Å²) in [5, 5.41) is 5.98. The fourth-order valence-electron chi connectivity index (χ4n) is 8.54. The van der Waals surface area contributed by atoms with Crippen LogP contribution in [0, 0.1) is 0 Å². The summed E-state index contributed by atoms with van der Waals surface area (Å²) in [5.74, 6) is 0. The Morgan fingerprint density at radius 2 is 0.825 bits per heavy atom. The zero-order valence-electron chi connectivity index (χ0n) is 31.0. The largest absolute Gasteiger partial charge is 0.309 e. The van der Waals surface area contributed by atoms with Crippen molar-refractivity contribution in [3.05, 3.63) is 212 Å². The minimum absolute atomic E-state index is 0.922. The van der Waals surface area contributed by atoms with E-state index in [4.69, 9.17) is 9.97 Å². The molecule has 0 aliphatic heterocycles. The molecule has 3 heteroatoms. The molecule has 0 aliphatic rings. The maximum atomic E-state index is 5.35. The molecule has 11 aromatic rings. The van der Waals surface area contributed by atoms with Crippen LogP contribution < -0.4 is 0 Å². The lowest BCUT2D eigenvalue weighted by atomic mass is 9.91. The monoisotopic (exact) mass is 725 g/mol. The molecule has 0 fully saturated rings. The Morgan fingerprint density at radius 3 is 1.49 bits per heavy atom. The first-order valence-corrected chi connectivity index (χ1v) is 19.4. The van der Waals surface area contributed by atoms with E-state index in [2.05, 4.69) is 211 Å². The average Bonchev–Trinajstić information content (AvgIpc) is 3.63. The molecule has 0 saturated heterocycles. The van der Waals surface area contributed by atoms with Crippen LogP contribution in [0.25, 0.3) is 105 Å². The van der Waals surface area contributed by atoms with E-state index in [1.54, 1.807) is 0 Å². The Hall–Kier alpha value is -7.62. The maximum Gasteiger partial charge on any atom is 0.0722 e. The van der Waals surface area contributed by atoms with Gasteiger partial charge in [0.2, 0.25) is 0 Å². The molecule has 0 spiro atoms. The molecule has 0 bridgehead atoms. The fourth-order valence-corrected chi connectivity index (χ4v) is 8.54. The highest BCUT2D eigenvalue weighted by Crippen LogP contribution is 2.41. The third-order valence-electron chi connectivity index (χ3n) is 11.2. The molecule has 3 nitrogen and oxygen atoms in total. The number of rotatable bonds is 6. The molecule has 0 N–H and O–H groups in total. The van der Waals surface area contributed by atoms with Gasteiger partial charge in [0, 0.05) is 38.5 Å². The lowest BCUT2D eigenvalue weighted by molar-refractivity contribution is 1.18. The number of fused-ring (bicyclic) bond motifs is 6. The minimum atomic E-state index is 0.922. The molecule has 3 heterocycles. The van der Waals surface area contributed by atoms with E-state index in [1.807, 2.05) is 6.07 Å². The molecule has 266 valence electrons. The first-order chi connectivity index (χ1) is 28.3. The molecule has 0 aliphatic carbocycles. The summed E-state index contributed by atoms with van der Waals surface area (Å²) in [6.07, 6.45) is 0. The van der Waals surface area contributed by atoms with Gasteiger partial charge < -0.3 is 4.57 Å². The van der Waals surface area contributed by atoms with Crippen LogP contribution >= 0.6 is 0 Å². The van der Waals surface area contributed by atoms with E-state index in [1.165, 1.54) is 43.7 Å². The van der Waals surface area contributed by atoms with Crippen molar-refractivity contribution in [2.24, 2.45) is 0 Å². The van der Waals surface area contributed by atoms with Crippen molar-refractivity contribution in [1.29, 1.82) is 0 Å². The second-order valence-corrected chi connectivity index (χ2v) is 14.6. The summed E-state index contributed by atoms with van der Waals surface area (Å²) in [4.78, 5) is 10.6. The van der Waals surface area contributed by atoms with Crippen LogP contribution in [0.5, 0.6) is 0 Å². The normalized spacial score (nSPS) is 11.5. The summed E-state index contributed by atoms with van der Waals surface area (Å²) in [5.41, 5.74) is 15.1. The van der Waals surface area contributed by atoms with Gasteiger partial charge in [-0.25, -0.2) is 9.97 Å². The first kappa shape index (κ1) is 32.8. The third-order valence-corrected chi connectivity index (χ3v) is 11.2. The highest BCUT2D eigenvalue weighted by Gasteiger charge is 2.17. The second kappa shape index (κ2) is 13.6. The van der Waals surface area contributed by atoms with Gasteiger partial charge in [0.25, 0.3) is 0 Å². The van der Waals surface area contributed by atoms with Crippen molar-refractivity contribution >= 4 is 43.5 Å². The Kier molecular flexibility index (Phi) is 7.82. The SMILES string of the molecule is c1ccc(-c2cc(-c3cccc4c3ccc3nc(-c5ccccc5)cc(-c5ccccc5)c34)cc(-c3cccc(-n4c5ccccc5c5ccccc54)c3)n2)cc1. The summed E-state index contributed by atoms with van der Waals surface area (Å²) < 4.78 is 2.37. The third kappa shape index (κ3) is 5.68. The van der Waals surface area contributed by atoms with Crippen LogP contribution in [0.1, 0.15) is 0 Å². The standard InChI is InChI=1S/C54H35N3/c1-4-16-36(17-5-1)47-35-51(38-20-8-3-9-21-38)55-48-31-30-43-42(26-15-27-46(43)54(47)48)40-33-49(37-18-6-2-7-19-37)56-50(34-40)39-22-14-23-41(32-39)57-52-28-12-10-24-44(52)45-25-11-13-29-53(45)57/h1-35H. The molecule has 3 aromatic heterocycles. The number of hydrogen-bond acceptors (Lipinski definition) is 2. The van der Waals surface area contributed by atoms with Crippen molar-refractivity contribution in [3.63, 3.8) is 0 Å². The summed E-state index contributed by atoms with van der Waals surface area (Å²) in [7, 11) is 0. The Balaban J connectivity index is 1.12. The zero-order valence-corrected chi connectivity index (χ0v) is 31.0. The smallest absolute Gasteiger partial charge is 0.0722 e. The predicted octanol–water partition coefficient (Wildman–Crippen LogP) is 14.2. The van der Waals surface area contributed by atoms with E-state index in [0.29, 0.717) is 0 Å². The van der Waals surface area contributed by atoms with Gasteiger partial charge in [0.05, 0.1) is 33.6 Å². The van der Waals surface area contributed by atoms with Crippen molar-refractivity contribution in [2.75, 3.05) is 0 Å². The lowest BCUT2D eigenvalue weighted by Gasteiger charge is -2.16. The van der Waals surface area contributed by atoms with Gasteiger partial charge in [-0.05, 0) is 81.6 Å². The maximum absolute atomic E-state index is 5.35. The Labute approximate surface area is 330 Å². The van der Waals surface area contributed by atoms with Crippen molar-refractivity contribution in [1.82, 2.24) is 14.5 Å². The summed E-state index contributed by atoms with van der Waals surface area (Å²) >= 11 is 0. The van der Waals surface area contributed by atoms with Gasteiger partial charge in [-0.2, -0.15) is 0 Å². The van der Waals surface area contributed by atoms with E-state index < -0.39 is 0 Å². The van der Waals surface area contributed by atoms with Gasteiger partial charge in [-0.3, -0.25) is 0 Å². The molecular formula is C54H35N3. The van der Waals surface area contributed by atoms with Gasteiger partial charge in [-0.15, -0.1) is 0 Å². The highest BCUT2D eigenvalue weighted by molar-refractivity contribution is 6.17. The molecule has 11 rings (SSSR count). The molecule has 0 radical (unpaired) electrons. The van der Waals surface area contributed by atoms with Gasteiger partial charge in [0.1, 0.15) is 0 Å². The van der Waals surface area contributed by atoms with Crippen molar-refractivity contribution in [3.8, 4) is 61.7 Å². The number of pyridine rings is 2. The lowest BCUT2D eigenvalue weighted by Crippen LogP contribution is -1.96. The van der Waals surface area contributed by atoms with Gasteiger partial charge in [-0.1, -0.05) is 164 Å². The van der Waals surface area contributed by atoms with Crippen LogP contribution in [0.15, 0.2) is 212 Å². The molecule has 0 unspecified atom stereocenters. The van der Waals surface area contributed by atoms with E-state index in [-0.39, 0.29) is 0 Å². The molecule has 0 saturated carbocycles. The van der Waals surface area contributed by atoms with E-state index in [9.17, 15) is 0 Å². The van der Waals surface area contributed by atoms with Crippen LogP contribution in [-0.4, -0.2) is 14.5 Å². The number of para-hydroxylation sites is 2. The zero-order chi connectivity index (χ0) is 37.7. The minimum Gasteiger partial charge on any atom is -0.309 e. The number of hydrogen-bond donors (Lipinski definition) is 0. The second-order valence-electron chi connectivity index (χ2n) is 14.6. The number of nitrogens with zero attached hydrogens (tertiary/aromatic N) is 3. The van der Waals surface area contributed by atoms with Crippen LogP contribution in [-0.2, 0) is 0 Å². The van der Waals surface area contributed by atoms with Crippen molar-refractivity contribution < 1.29 is 0 Å². The number of benzene rings is 8. The quantitative estimate of drug-likeness (QED) is 0.160. The van der Waals surface area contributed by atoms with Crippen LogP contribution in [0.3, 0.4) is 0 Å². The highest BCUT2D eigenvalue weighted by atomic mass is 15.0. The molecule has 0 atom stereocenters. The van der Waals surface area contributed by atoms with E-state index in [0.717, 1.165) is 61.5 Å². The molecular weight excluding hydrogens is 691 g/mol.